The van der Waals surface area contributed by atoms with Crippen LogP contribution in [0.4, 0.5) is 5.69 Å². The molecule has 0 radical (unpaired) electrons. The topological polar surface area (TPSA) is 88.7 Å². The zero-order chi connectivity index (χ0) is 16.8. The third-order valence-corrected chi connectivity index (χ3v) is 4.10. The van der Waals surface area contributed by atoms with Crippen molar-refractivity contribution < 1.29 is 19.1 Å². The second-order valence-corrected chi connectivity index (χ2v) is 6.02. The summed E-state index contributed by atoms with van der Waals surface area (Å²) in [6, 6.07) is 6.77. The van der Waals surface area contributed by atoms with Crippen molar-refractivity contribution in [2.24, 2.45) is 0 Å². The van der Waals surface area contributed by atoms with Crippen molar-refractivity contribution in [3.63, 3.8) is 0 Å². The van der Waals surface area contributed by atoms with Gasteiger partial charge in [0.1, 0.15) is 12.4 Å². The molecule has 0 bridgehead atoms. The number of anilines is 1. The van der Waals surface area contributed by atoms with Crippen LogP contribution in [0.5, 0.6) is 5.75 Å². The molecule has 2 aliphatic heterocycles. The fourth-order valence-corrected chi connectivity index (χ4v) is 2.84. The molecule has 0 aromatic heterocycles. The second-order valence-electron chi connectivity index (χ2n) is 6.02. The lowest BCUT2D eigenvalue weighted by Gasteiger charge is -2.22. The standard InChI is InChI=1S/C17H23N3O4/c21-16(10-15-17(22)19-7-6-18-15)20-12-3-1-4-13(9-12)24-11-14-5-2-8-23-14/h1,3-4,9,14-15,18H,2,5-8,10-11H2,(H,19,22)(H,20,21). The number of carbonyl (C=O) groups is 2. The van der Waals surface area contributed by atoms with Crippen molar-refractivity contribution in [2.75, 3.05) is 31.6 Å². The van der Waals surface area contributed by atoms with Gasteiger partial charge in [-0.15, -0.1) is 0 Å². The molecule has 0 aliphatic carbocycles. The Hall–Kier alpha value is -2.12. The minimum atomic E-state index is -0.474. The maximum atomic E-state index is 12.1. The summed E-state index contributed by atoms with van der Waals surface area (Å²) in [5, 5.41) is 8.59. The fraction of sp³-hybridized carbons (Fsp3) is 0.529. The monoisotopic (exact) mass is 333 g/mol. The van der Waals surface area contributed by atoms with Gasteiger partial charge in [-0.05, 0) is 25.0 Å². The van der Waals surface area contributed by atoms with Crippen molar-refractivity contribution in [3.05, 3.63) is 24.3 Å². The van der Waals surface area contributed by atoms with Gasteiger partial charge < -0.3 is 25.4 Å². The van der Waals surface area contributed by atoms with Gasteiger partial charge in [0.15, 0.2) is 0 Å². The Balaban J connectivity index is 1.49. The SMILES string of the molecule is O=C(CC1NCCNC1=O)Nc1cccc(OCC2CCCO2)c1. The molecule has 2 aliphatic rings. The number of carbonyl (C=O) groups excluding carboxylic acids is 2. The van der Waals surface area contributed by atoms with Gasteiger partial charge in [-0.2, -0.15) is 0 Å². The van der Waals surface area contributed by atoms with E-state index in [1.54, 1.807) is 12.1 Å². The first-order valence-corrected chi connectivity index (χ1v) is 8.36. The summed E-state index contributed by atoms with van der Waals surface area (Å²) < 4.78 is 11.3. The first kappa shape index (κ1) is 16.7. The van der Waals surface area contributed by atoms with Gasteiger partial charge in [0.25, 0.3) is 0 Å². The molecule has 3 rings (SSSR count). The first-order chi connectivity index (χ1) is 11.7. The van der Waals surface area contributed by atoms with Crippen LogP contribution < -0.4 is 20.7 Å². The average Bonchev–Trinajstić information content (AvgIpc) is 3.09. The predicted molar refractivity (Wildman–Crippen MR) is 89.0 cm³/mol. The van der Waals surface area contributed by atoms with Gasteiger partial charge in [0.2, 0.25) is 11.8 Å². The maximum Gasteiger partial charge on any atom is 0.237 e. The van der Waals surface area contributed by atoms with Gasteiger partial charge in [-0.25, -0.2) is 0 Å². The van der Waals surface area contributed by atoms with Gasteiger partial charge >= 0.3 is 0 Å². The molecule has 2 heterocycles. The Bertz CT molecular complexity index is 587. The van der Waals surface area contributed by atoms with Crippen molar-refractivity contribution in [1.29, 1.82) is 0 Å². The summed E-state index contributed by atoms with van der Waals surface area (Å²) in [6.07, 6.45) is 2.35. The molecular formula is C17H23N3O4. The smallest absolute Gasteiger partial charge is 0.237 e. The van der Waals surface area contributed by atoms with E-state index in [-0.39, 0.29) is 24.3 Å². The molecule has 3 N–H and O–H groups in total. The largest absolute Gasteiger partial charge is 0.491 e. The molecule has 2 atom stereocenters. The lowest BCUT2D eigenvalue weighted by molar-refractivity contribution is -0.127. The van der Waals surface area contributed by atoms with E-state index in [1.165, 1.54) is 0 Å². The molecule has 2 unspecified atom stereocenters. The van der Waals surface area contributed by atoms with E-state index in [0.29, 0.717) is 31.1 Å². The molecule has 7 heteroatoms. The molecular weight excluding hydrogens is 310 g/mol. The maximum absolute atomic E-state index is 12.1. The molecule has 2 amide bonds. The summed E-state index contributed by atoms with van der Waals surface area (Å²) in [7, 11) is 0. The van der Waals surface area contributed by atoms with E-state index in [0.717, 1.165) is 19.4 Å². The van der Waals surface area contributed by atoms with Gasteiger partial charge in [0.05, 0.1) is 18.6 Å². The Morgan fingerprint density at radius 2 is 2.29 bits per heavy atom. The summed E-state index contributed by atoms with van der Waals surface area (Å²) in [5.74, 6) is 0.350. The van der Waals surface area contributed by atoms with E-state index in [9.17, 15) is 9.59 Å². The van der Waals surface area contributed by atoms with Gasteiger partial charge in [0, 0.05) is 31.5 Å². The summed E-state index contributed by atoms with van der Waals surface area (Å²) in [4.78, 5) is 23.8. The Morgan fingerprint density at radius 3 is 3.08 bits per heavy atom. The summed E-state index contributed by atoms with van der Waals surface area (Å²) >= 11 is 0. The Kier molecular flexibility index (Phi) is 5.66. The Morgan fingerprint density at radius 1 is 1.38 bits per heavy atom. The van der Waals surface area contributed by atoms with Crippen molar-refractivity contribution in [2.45, 2.75) is 31.4 Å². The summed E-state index contributed by atoms with van der Waals surface area (Å²) in [5.41, 5.74) is 0.654. The van der Waals surface area contributed by atoms with Crippen LogP contribution >= 0.6 is 0 Å². The third-order valence-electron chi connectivity index (χ3n) is 4.10. The summed E-state index contributed by atoms with van der Waals surface area (Å²) in [6.45, 7) is 2.59. The van der Waals surface area contributed by atoms with Gasteiger partial charge in [-0.1, -0.05) is 6.07 Å². The number of nitrogens with one attached hydrogen (secondary N) is 3. The number of hydrogen-bond donors (Lipinski definition) is 3. The molecule has 24 heavy (non-hydrogen) atoms. The number of amides is 2. The van der Waals surface area contributed by atoms with Crippen molar-refractivity contribution >= 4 is 17.5 Å². The van der Waals surface area contributed by atoms with Crippen LogP contribution in [0.1, 0.15) is 19.3 Å². The third kappa shape index (κ3) is 4.69. The molecule has 130 valence electrons. The van der Waals surface area contributed by atoms with E-state index < -0.39 is 6.04 Å². The highest BCUT2D eigenvalue weighted by molar-refractivity contribution is 5.95. The molecule has 1 aromatic carbocycles. The second kappa shape index (κ2) is 8.12. The molecule has 7 nitrogen and oxygen atoms in total. The van der Waals surface area contributed by atoms with Crippen LogP contribution in [-0.2, 0) is 14.3 Å². The number of benzene rings is 1. The molecule has 2 saturated heterocycles. The van der Waals surface area contributed by atoms with Crippen LogP contribution in [0, 0.1) is 0 Å². The van der Waals surface area contributed by atoms with Crippen LogP contribution in [0.2, 0.25) is 0 Å². The van der Waals surface area contributed by atoms with Crippen LogP contribution in [0.3, 0.4) is 0 Å². The Labute approximate surface area is 141 Å². The highest BCUT2D eigenvalue weighted by atomic mass is 16.5. The molecule has 0 saturated carbocycles. The minimum Gasteiger partial charge on any atom is -0.491 e. The van der Waals surface area contributed by atoms with Crippen molar-refractivity contribution in [3.8, 4) is 5.75 Å². The normalized spacial score (nSPS) is 23.6. The lowest BCUT2D eigenvalue weighted by Crippen LogP contribution is -2.53. The number of hydrogen-bond acceptors (Lipinski definition) is 5. The number of rotatable bonds is 6. The number of piperazine rings is 1. The van der Waals surface area contributed by atoms with E-state index in [1.807, 2.05) is 12.1 Å². The molecule has 1 aromatic rings. The van der Waals surface area contributed by atoms with Crippen LogP contribution in [-0.4, -0.2) is 50.3 Å². The quantitative estimate of drug-likeness (QED) is 0.712. The molecule has 0 spiro atoms. The zero-order valence-corrected chi connectivity index (χ0v) is 13.5. The van der Waals surface area contributed by atoms with Crippen LogP contribution in [0.15, 0.2) is 24.3 Å². The average molecular weight is 333 g/mol. The first-order valence-electron chi connectivity index (χ1n) is 8.36. The minimum absolute atomic E-state index is 0.104. The predicted octanol–water partition coefficient (Wildman–Crippen LogP) is 0.661. The highest BCUT2D eigenvalue weighted by Gasteiger charge is 2.24. The van der Waals surface area contributed by atoms with Crippen LogP contribution in [0.25, 0.3) is 0 Å². The number of ether oxygens (including phenoxy) is 2. The van der Waals surface area contributed by atoms with Crippen molar-refractivity contribution in [1.82, 2.24) is 10.6 Å². The van der Waals surface area contributed by atoms with E-state index in [2.05, 4.69) is 16.0 Å². The van der Waals surface area contributed by atoms with Gasteiger partial charge in [-0.3, -0.25) is 9.59 Å². The van der Waals surface area contributed by atoms with E-state index >= 15 is 0 Å². The van der Waals surface area contributed by atoms with E-state index in [4.69, 9.17) is 9.47 Å². The molecule has 2 fully saturated rings. The lowest BCUT2D eigenvalue weighted by atomic mass is 10.1. The highest BCUT2D eigenvalue weighted by Crippen LogP contribution is 2.20. The fourth-order valence-electron chi connectivity index (χ4n) is 2.84. The zero-order valence-electron chi connectivity index (χ0n) is 13.5.